The predicted molar refractivity (Wildman–Crippen MR) is 142 cm³/mol. The summed E-state index contributed by atoms with van der Waals surface area (Å²) in [7, 11) is 0. The van der Waals surface area contributed by atoms with Crippen molar-refractivity contribution >= 4 is 35.5 Å². The molecule has 0 unspecified atom stereocenters. The fourth-order valence-corrected chi connectivity index (χ4v) is 5.18. The third-order valence-electron chi connectivity index (χ3n) is 7.24. The van der Waals surface area contributed by atoms with Crippen LogP contribution < -0.4 is 22.1 Å². The Morgan fingerprint density at radius 1 is 0.872 bits per heavy atom. The first-order chi connectivity index (χ1) is 18.2. The van der Waals surface area contributed by atoms with Crippen LogP contribution in [0, 0.1) is 11.8 Å². The van der Waals surface area contributed by atoms with Gasteiger partial charge in [-0.05, 0) is 50.4 Å². The number of nitrogens with two attached hydrogens (primary N) is 2. The molecule has 39 heavy (non-hydrogen) atoms. The molecule has 2 saturated heterocycles. The monoisotopic (exact) mass is 552 g/mol. The first-order valence-corrected chi connectivity index (χ1v) is 13.7. The van der Waals surface area contributed by atoms with Crippen molar-refractivity contribution in [3.63, 3.8) is 0 Å². The zero-order valence-corrected chi connectivity index (χ0v) is 23.4. The summed E-state index contributed by atoms with van der Waals surface area (Å²) in [6.45, 7) is 8.16. The van der Waals surface area contributed by atoms with Gasteiger partial charge in [-0.3, -0.25) is 24.0 Å². The average Bonchev–Trinajstić information content (AvgIpc) is 3.53. The summed E-state index contributed by atoms with van der Waals surface area (Å²) in [6.07, 6.45) is 2.08. The summed E-state index contributed by atoms with van der Waals surface area (Å²) >= 11 is 0. The van der Waals surface area contributed by atoms with Gasteiger partial charge < -0.3 is 37.0 Å². The maximum atomic E-state index is 13.6. The number of aliphatic carboxylic acids is 1. The lowest BCUT2D eigenvalue weighted by Gasteiger charge is -2.33. The van der Waals surface area contributed by atoms with Crippen LogP contribution in [-0.2, 0) is 28.8 Å². The van der Waals surface area contributed by atoms with Crippen LogP contribution in [0.1, 0.15) is 72.6 Å². The van der Waals surface area contributed by atoms with Crippen molar-refractivity contribution in [3.05, 3.63) is 0 Å². The number of hydrogen-bond donors (Lipinski definition) is 5. The summed E-state index contributed by atoms with van der Waals surface area (Å²) in [6, 6.07) is -4.62. The second kappa shape index (κ2) is 14.2. The summed E-state index contributed by atoms with van der Waals surface area (Å²) < 4.78 is 0. The molecule has 0 aliphatic carbocycles. The van der Waals surface area contributed by atoms with Crippen molar-refractivity contribution in [1.29, 1.82) is 0 Å². The number of amides is 5. The molecule has 2 rings (SSSR count). The third kappa shape index (κ3) is 8.64. The Bertz CT molecular complexity index is 940. The van der Waals surface area contributed by atoms with Crippen molar-refractivity contribution < 1.29 is 33.9 Å². The largest absolute Gasteiger partial charge is 0.480 e. The van der Waals surface area contributed by atoms with Gasteiger partial charge in [-0.2, -0.15) is 0 Å². The Morgan fingerprint density at radius 3 is 1.85 bits per heavy atom. The number of carbonyl (C=O) groups is 6. The third-order valence-corrected chi connectivity index (χ3v) is 7.24. The van der Waals surface area contributed by atoms with Gasteiger partial charge in [0.2, 0.25) is 29.5 Å². The van der Waals surface area contributed by atoms with Crippen LogP contribution in [0.3, 0.4) is 0 Å². The Hall–Kier alpha value is -3.22. The highest BCUT2D eigenvalue weighted by molar-refractivity contribution is 5.96. The van der Waals surface area contributed by atoms with E-state index in [0.29, 0.717) is 38.6 Å². The van der Waals surface area contributed by atoms with Crippen LogP contribution >= 0.6 is 0 Å². The fraction of sp³-hybridized carbons (Fsp3) is 0.769. The maximum absolute atomic E-state index is 13.6. The highest BCUT2D eigenvalue weighted by atomic mass is 16.4. The van der Waals surface area contributed by atoms with Crippen LogP contribution in [0.5, 0.6) is 0 Å². The van der Waals surface area contributed by atoms with Gasteiger partial charge in [0.15, 0.2) is 0 Å². The van der Waals surface area contributed by atoms with E-state index in [0.717, 1.165) is 0 Å². The van der Waals surface area contributed by atoms with E-state index in [2.05, 4.69) is 10.6 Å². The van der Waals surface area contributed by atoms with Crippen molar-refractivity contribution in [2.45, 2.75) is 103 Å². The normalized spacial score (nSPS) is 21.5. The highest BCUT2D eigenvalue weighted by Gasteiger charge is 2.42. The molecule has 0 bridgehead atoms. The zero-order chi connectivity index (χ0) is 29.4. The molecule has 0 aromatic carbocycles. The van der Waals surface area contributed by atoms with Gasteiger partial charge in [0, 0.05) is 19.5 Å². The van der Waals surface area contributed by atoms with Gasteiger partial charge >= 0.3 is 5.97 Å². The number of carboxylic acid groups (broad SMARTS) is 1. The quantitative estimate of drug-likeness (QED) is 0.197. The first-order valence-electron chi connectivity index (χ1n) is 13.7. The Morgan fingerprint density at radius 2 is 1.38 bits per heavy atom. The van der Waals surface area contributed by atoms with Gasteiger partial charge in [0.1, 0.15) is 24.2 Å². The summed E-state index contributed by atoms with van der Waals surface area (Å²) in [5.74, 6) is -3.91. The van der Waals surface area contributed by atoms with E-state index < -0.39 is 59.8 Å². The Balaban J connectivity index is 2.11. The lowest BCUT2D eigenvalue weighted by molar-refractivity contribution is -0.146. The zero-order valence-electron chi connectivity index (χ0n) is 23.4. The van der Waals surface area contributed by atoms with E-state index in [-0.39, 0.29) is 37.1 Å². The highest BCUT2D eigenvalue weighted by Crippen LogP contribution is 2.23. The number of nitrogens with zero attached hydrogens (tertiary/aromatic N) is 2. The van der Waals surface area contributed by atoms with Gasteiger partial charge in [0.25, 0.3) is 0 Å². The molecule has 2 aliphatic rings. The van der Waals surface area contributed by atoms with Crippen molar-refractivity contribution in [2.75, 3.05) is 13.1 Å². The smallest absolute Gasteiger partial charge is 0.326 e. The molecular formula is C26H44N6O7. The lowest BCUT2D eigenvalue weighted by Crippen LogP contribution is -2.59. The van der Waals surface area contributed by atoms with E-state index >= 15 is 0 Å². The van der Waals surface area contributed by atoms with Crippen LogP contribution in [0.4, 0.5) is 0 Å². The molecule has 2 fully saturated rings. The minimum atomic E-state index is -1.32. The van der Waals surface area contributed by atoms with Gasteiger partial charge in [-0.25, -0.2) is 4.79 Å². The predicted octanol–water partition coefficient (Wildman–Crippen LogP) is -0.682. The molecule has 2 heterocycles. The molecule has 13 nitrogen and oxygen atoms in total. The van der Waals surface area contributed by atoms with Crippen LogP contribution in [0.2, 0.25) is 0 Å². The standard InChI is InChI=1S/C26H44N6O7/c1-14(2)13-16(27)24(36)31-11-5-8-19(31)23(35)30-21(15(3)4)25(37)32-12-6-7-18(32)22(34)29-17(26(38)39)9-10-20(28)33/h14-19,21H,5-13,27H2,1-4H3,(H2,28,33)(H,29,34)(H,30,35)(H,38,39)/t16-,17-,18-,19-,21-/m0/s1. The molecule has 5 amide bonds. The van der Waals surface area contributed by atoms with Gasteiger partial charge in [-0.15, -0.1) is 0 Å². The molecule has 0 aromatic rings. The van der Waals surface area contributed by atoms with E-state index in [1.165, 1.54) is 9.80 Å². The first kappa shape index (κ1) is 32.0. The SMILES string of the molecule is CC(C)C[C@H](N)C(=O)N1CCC[C@H]1C(=O)N[C@H](C(=O)N1CCC[C@H]1C(=O)N[C@@H](CCC(N)=O)C(=O)O)C(C)C. The molecule has 7 N–H and O–H groups in total. The summed E-state index contributed by atoms with van der Waals surface area (Å²) in [5.41, 5.74) is 11.2. The number of rotatable bonds is 13. The van der Waals surface area contributed by atoms with E-state index in [4.69, 9.17) is 11.5 Å². The number of likely N-dealkylation sites (tertiary alicyclic amines) is 2. The second-order valence-corrected chi connectivity index (χ2v) is 11.3. The molecule has 220 valence electrons. The van der Waals surface area contributed by atoms with Crippen LogP contribution in [0.25, 0.3) is 0 Å². The molecule has 0 spiro atoms. The average molecular weight is 553 g/mol. The molecule has 5 atom stereocenters. The maximum Gasteiger partial charge on any atom is 0.326 e. The van der Waals surface area contributed by atoms with Gasteiger partial charge in [-0.1, -0.05) is 27.7 Å². The summed E-state index contributed by atoms with van der Waals surface area (Å²) in [4.78, 5) is 78.3. The number of nitrogens with one attached hydrogen (secondary N) is 2. The van der Waals surface area contributed by atoms with Gasteiger partial charge in [0.05, 0.1) is 6.04 Å². The number of carbonyl (C=O) groups excluding carboxylic acids is 5. The van der Waals surface area contributed by atoms with Crippen molar-refractivity contribution in [3.8, 4) is 0 Å². The fourth-order valence-electron chi connectivity index (χ4n) is 5.18. The molecule has 0 aromatic heterocycles. The Kier molecular flexibility index (Phi) is 11.7. The number of primary amides is 1. The van der Waals surface area contributed by atoms with E-state index in [9.17, 15) is 33.9 Å². The molecule has 0 radical (unpaired) electrons. The van der Waals surface area contributed by atoms with Crippen molar-refractivity contribution in [2.24, 2.45) is 23.3 Å². The van der Waals surface area contributed by atoms with Crippen LogP contribution in [0.15, 0.2) is 0 Å². The van der Waals surface area contributed by atoms with E-state index in [1.54, 1.807) is 13.8 Å². The Labute approximate surface area is 229 Å². The van der Waals surface area contributed by atoms with Crippen LogP contribution in [-0.4, -0.2) is 93.7 Å². The second-order valence-electron chi connectivity index (χ2n) is 11.3. The molecule has 13 heteroatoms. The number of carboxylic acids is 1. The molecular weight excluding hydrogens is 508 g/mol. The lowest BCUT2D eigenvalue weighted by atomic mass is 10.0. The molecule has 0 saturated carbocycles. The topological polar surface area (TPSA) is 205 Å². The minimum absolute atomic E-state index is 0.167. The number of hydrogen-bond acceptors (Lipinski definition) is 7. The molecule has 2 aliphatic heterocycles. The minimum Gasteiger partial charge on any atom is -0.480 e. The van der Waals surface area contributed by atoms with Crippen molar-refractivity contribution in [1.82, 2.24) is 20.4 Å². The van der Waals surface area contributed by atoms with E-state index in [1.807, 2.05) is 13.8 Å². The summed E-state index contributed by atoms with van der Waals surface area (Å²) in [5, 5.41) is 14.6.